The van der Waals surface area contributed by atoms with Crippen molar-refractivity contribution in [2.24, 2.45) is 0 Å². The van der Waals surface area contributed by atoms with Crippen LogP contribution in [0.15, 0.2) is 49.2 Å². The van der Waals surface area contributed by atoms with Crippen molar-refractivity contribution in [2.45, 2.75) is 25.3 Å². The molecule has 0 fully saturated rings. The highest BCUT2D eigenvalue weighted by Gasteiger charge is 2.39. The summed E-state index contributed by atoms with van der Waals surface area (Å²) in [6.07, 6.45) is -3.13. The van der Waals surface area contributed by atoms with E-state index in [1.165, 1.54) is 37.9 Å². The Morgan fingerprint density at radius 3 is 2.49 bits per heavy atom. The molecule has 4 rings (SSSR count). The fraction of sp³-hybridized carbons (Fsp3) is 0.200. The number of alkyl halides is 6. The summed E-state index contributed by atoms with van der Waals surface area (Å²) < 4.78 is 80.4. The van der Waals surface area contributed by atoms with Gasteiger partial charge in [-0.3, -0.25) is 19.4 Å². The second-order valence-corrected chi connectivity index (χ2v) is 8.12. The first-order valence-electron chi connectivity index (χ1n) is 9.67. The van der Waals surface area contributed by atoms with Crippen molar-refractivity contribution in [2.75, 3.05) is 5.32 Å². The zero-order valence-corrected chi connectivity index (χ0v) is 18.3. The van der Waals surface area contributed by atoms with Gasteiger partial charge < -0.3 is 5.32 Å². The number of nitrogens with one attached hydrogen (secondary N) is 1. The molecule has 0 saturated heterocycles. The molecule has 182 valence electrons. The molecule has 0 unspecified atom stereocenters. The molecular formula is C20H13F6N7OS. The molecule has 0 radical (unpaired) electrons. The lowest BCUT2D eigenvalue weighted by Gasteiger charge is -2.20. The Morgan fingerprint density at radius 2 is 1.83 bits per heavy atom. The normalized spacial score (nSPS) is 13.0. The summed E-state index contributed by atoms with van der Waals surface area (Å²) in [5, 5.41) is 14.5. The maximum absolute atomic E-state index is 13.5. The summed E-state index contributed by atoms with van der Waals surface area (Å²) in [6, 6.07) is 0.329. The standard InChI is InChI=1S/C20H13F6N7OS/c1-10(13-3-2-11(19(21,22)23)6-14(13)20(24,25)26)33-9-12(7-29-33)30-16(34)18-32-31-17(35-18)15-8-27-4-5-28-15/h2-10H,1H3,(H,30,34)/t10-/m0/s1. The molecule has 3 aromatic heterocycles. The summed E-state index contributed by atoms with van der Waals surface area (Å²) >= 11 is 0.950. The average molecular weight is 513 g/mol. The van der Waals surface area contributed by atoms with E-state index in [0.717, 1.165) is 22.1 Å². The summed E-state index contributed by atoms with van der Waals surface area (Å²) in [5.74, 6) is -0.643. The smallest absolute Gasteiger partial charge is 0.317 e. The molecule has 0 spiro atoms. The van der Waals surface area contributed by atoms with Crippen molar-refractivity contribution in [1.82, 2.24) is 29.9 Å². The topological polar surface area (TPSA) is 98.5 Å². The second-order valence-electron chi connectivity index (χ2n) is 7.14. The third-order valence-electron chi connectivity index (χ3n) is 4.79. The van der Waals surface area contributed by atoms with E-state index in [1.807, 2.05) is 0 Å². The molecule has 1 aromatic carbocycles. The van der Waals surface area contributed by atoms with Crippen LogP contribution in [-0.2, 0) is 12.4 Å². The first-order chi connectivity index (χ1) is 16.4. The van der Waals surface area contributed by atoms with Crippen molar-refractivity contribution in [1.29, 1.82) is 0 Å². The number of rotatable bonds is 5. The highest BCUT2D eigenvalue weighted by Crippen LogP contribution is 2.39. The predicted octanol–water partition coefficient (Wildman–Crippen LogP) is 5.09. The van der Waals surface area contributed by atoms with Gasteiger partial charge in [0.2, 0.25) is 5.01 Å². The van der Waals surface area contributed by atoms with Crippen LogP contribution in [0.2, 0.25) is 0 Å². The fourth-order valence-corrected chi connectivity index (χ4v) is 3.81. The first kappa shape index (κ1) is 24.3. The largest absolute Gasteiger partial charge is 0.416 e. The van der Waals surface area contributed by atoms with E-state index in [1.54, 1.807) is 0 Å². The minimum Gasteiger partial charge on any atom is -0.317 e. The van der Waals surface area contributed by atoms with Crippen LogP contribution in [0.5, 0.6) is 0 Å². The third-order valence-corrected chi connectivity index (χ3v) is 5.74. The number of carbonyl (C=O) groups is 1. The lowest BCUT2D eigenvalue weighted by atomic mass is 9.98. The molecule has 35 heavy (non-hydrogen) atoms. The quantitative estimate of drug-likeness (QED) is 0.374. The molecule has 0 saturated carbocycles. The average Bonchev–Trinajstić information content (AvgIpc) is 3.48. The summed E-state index contributed by atoms with van der Waals surface area (Å²) in [6.45, 7) is 1.34. The molecule has 1 amide bonds. The van der Waals surface area contributed by atoms with Gasteiger partial charge in [0.05, 0.1) is 35.2 Å². The van der Waals surface area contributed by atoms with Crippen LogP contribution < -0.4 is 5.32 Å². The molecule has 0 aliphatic heterocycles. The Labute approximate surface area is 196 Å². The summed E-state index contributed by atoms with van der Waals surface area (Å²) in [7, 11) is 0. The predicted molar refractivity (Wildman–Crippen MR) is 111 cm³/mol. The molecule has 4 aromatic rings. The van der Waals surface area contributed by atoms with E-state index >= 15 is 0 Å². The van der Waals surface area contributed by atoms with E-state index in [9.17, 15) is 31.1 Å². The number of anilines is 1. The van der Waals surface area contributed by atoms with E-state index in [-0.39, 0.29) is 16.8 Å². The fourth-order valence-electron chi connectivity index (χ4n) is 3.11. The first-order valence-corrected chi connectivity index (χ1v) is 10.5. The van der Waals surface area contributed by atoms with Gasteiger partial charge in [-0.1, -0.05) is 17.4 Å². The van der Waals surface area contributed by atoms with Gasteiger partial charge in [-0.05, 0) is 24.6 Å². The lowest BCUT2D eigenvalue weighted by Crippen LogP contribution is -2.17. The Hall–Kier alpha value is -3.88. The molecule has 15 heteroatoms. The van der Waals surface area contributed by atoms with Crippen LogP contribution in [-0.4, -0.2) is 35.9 Å². The van der Waals surface area contributed by atoms with Gasteiger partial charge in [-0.15, -0.1) is 10.2 Å². The number of halogens is 6. The highest BCUT2D eigenvalue weighted by atomic mass is 32.1. The SMILES string of the molecule is C[C@@H](c1ccc(C(F)(F)F)cc1C(F)(F)F)n1cc(NC(=O)c2nnc(-c3cnccn3)s2)cn1. The van der Waals surface area contributed by atoms with E-state index in [4.69, 9.17) is 0 Å². The van der Waals surface area contributed by atoms with Gasteiger partial charge in [-0.25, -0.2) is 0 Å². The summed E-state index contributed by atoms with van der Waals surface area (Å²) in [4.78, 5) is 20.5. The van der Waals surface area contributed by atoms with Gasteiger partial charge >= 0.3 is 12.4 Å². The minimum atomic E-state index is -5.02. The molecule has 0 aliphatic rings. The second kappa shape index (κ2) is 9.05. The van der Waals surface area contributed by atoms with E-state index < -0.39 is 41.0 Å². The molecule has 8 nitrogen and oxygen atoms in total. The third kappa shape index (κ3) is 5.29. The number of hydrogen-bond acceptors (Lipinski definition) is 7. The zero-order chi connectivity index (χ0) is 25.4. The van der Waals surface area contributed by atoms with Gasteiger partial charge in [0, 0.05) is 18.6 Å². The zero-order valence-electron chi connectivity index (χ0n) is 17.5. The number of aromatic nitrogens is 6. The van der Waals surface area contributed by atoms with Crippen molar-refractivity contribution < 1.29 is 31.1 Å². The van der Waals surface area contributed by atoms with Crippen LogP contribution in [0.25, 0.3) is 10.7 Å². The monoisotopic (exact) mass is 513 g/mol. The van der Waals surface area contributed by atoms with Gasteiger partial charge in [0.1, 0.15) is 5.69 Å². The highest BCUT2D eigenvalue weighted by molar-refractivity contribution is 7.16. The van der Waals surface area contributed by atoms with Crippen molar-refractivity contribution >= 4 is 22.9 Å². The van der Waals surface area contributed by atoms with Crippen LogP contribution in [0.4, 0.5) is 32.0 Å². The van der Waals surface area contributed by atoms with Crippen LogP contribution in [0.1, 0.15) is 39.5 Å². The molecule has 1 N–H and O–H groups in total. The molecule has 3 heterocycles. The Morgan fingerprint density at radius 1 is 1.06 bits per heavy atom. The van der Waals surface area contributed by atoms with Gasteiger partial charge in [0.15, 0.2) is 5.01 Å². The number of carbonyl (C=O) groups excluding carboxylic acids is 1. The van der Waals surface area contributed by atoms with E-state index in [2.05, 4.69) is 30.6 Å². The van der Waals surface area contributed by atoms with Gasteiger partial charge in [-0.2, -0.15) is 31.4 Å². The Kier molecular flexibility index (Phi) is 6.27. The Balaban J connectivity index is 1.54. The Bertz CT molecular complexity index is 1350. The van der Waals surface area contributed by atoms with Crippen molar-refractivity contribution in [3.05, 3.63) is 70.9 Å². The molecule has 0 aliphatic carbocycles. The number of hydrogen-bond donors (Lipinski definition) is 1. The van der Waals surface area contributed by atoms with Gasteiger partial charge in [0.25, 0.3) is 5.91 Å². The van der Waals surface area contributed by atoms with Crippen molar-refractivity contribution in [3.8, 4) is 10.7 Å². The number of benzene rings is 1. The molecule has 0 bridgehead atoms. The maximum atomic E-state index is 13.5. The summed E-state index contributed by atoms with van der Waals surface area (Å²) in [5.41, 5.74) is -2.69. The van der Waals surface area contributed by atoms with E-state index in [0.29, 0.717) is 16.8 Å². The van der Waals surface area contributed by atoms with Crippen LogP contribution >= 0.6 is 11.3 Å². The molecular weight excluding hydrogens is 500 g/mol. The maximum Gasteiger partial charge on any atom is 0.416 e. The van der Waals surface area contributed by atoms with Crippen LogP contribution in [0.3, 0.4) is 0 Å². The number of nitrogens with zero attached hydrogens (tertiary/aromatic N) is 6. The van der Waals surface area contributed by atoms with Crippen molar-refractivity contribution in [3.63, 3.8) is 0 Å². The number of amides is 1. The molecule has 1 atom stereocenters. The minimum absolute atomic E-state index is 0.00597. The van der Waals surface area contributed by atoms with Crippen LogP contribution in [0, 0.1) is 0 Å². The lowest BCUT2D eigenvalue weighted by molar-refractivity contribution is -0.143.